The Morgan fingerprint density at radius 3 is 2.37 bits per heavy atom. The molecule has 27 heavy (non-hydrogen) atoms. The lowest BCUT2D eigenvalue weighted by molar-refractivity contribution is 0.0924. The van der Waals surface area contributed by atoms with Gasteiger partial charge in [0.1, 0.15) is 9.77 Å². The molecular formula is C20H26N2O3S2. The van der Waals surface area contributed by atoms with Crippen molar-refractivity contribution < 1.29 is 13.2 Å². The van der Waals surface area contributed by atoms with Crippen molar-refractivity contribution in [3.63, 3.8) is 0 Å². The van der Waals surface area contributed by atoms with E-state index in [1.807, 2.05) is 19.1 Å². The average Bonchev–Trinajstić information content (AvgIpc) is 3.14. The number of thiophene rings is 1. The number of nitrogens with zero attached hydrogens (tertiary/aromatic N) is 1. The molecule has 1 aromatic heterocycles. The Bertz CT molecular complexity index is 896. The molecule has 2 aromatic rings. The molecule has 1 aromatic carbocycles. The molecule has 1 saturated carbocycles. The smallest absolute Gasteiger partial charge is 0.265 e. The first-order chi connectivity index (χ1) is 12.8. The fraction of sp³-hybridized carbons (Fsp3) is 0.450. The van der Waals surface area contributed by atoms with Gasteiger partial charge in [0.05, 0.1) is 5.69 Å². The number of amides is 1. The van der Waals surface area contributed by atoms with Gasteiger partial charge in [-0.3, -0.25) is 9.10 Å². The van der Waals surface area contributed by atoms with Crippen molar-refractivity contribution >= 4 is 33.0 Å². The number of hydrogen-bond acceptors (Lipinski definition) is 4. The van der Waals surface area contributed by atoms with Gasteiger partial charge in [0.15, 0.2) is 0 Å². The van der Waals surface area contributed by atoms with E-state index in [1.165, 1.54) is 28.8 Å². The highest BCUT2D eigenvalue weighted by Crippen LogP contribution is 2.29. The van der Waals surface area contributed by atoms with Crippen LogP contribution >= 0.6 is 11.3 Å². The Balaban J connectivity index is 1.80. The number of carbonyl (C=O) groups excluding carboxylic acids is 1. The zero-order valence-corrected chi connectivity index (χ0v) is 17.6. The van der Waals surface area contributed by atoms with Gasteiger partial charge in [0, 0.05) is 13.1 Å². The molecule has 7 heteroatoms. The lowest BCUT2D eigenvalue weighted by Crippen LogP contribution is -2.38. The van der Waals surface area contributed by atoms with Crippen LogP contribution in [0.3, 0.4) is 0 Å². The predicted molar refractivity (Wildman–Crippen MR) is 110 cm³/mol. The van der Waals surface area contributed by atoms with Crippen molar-refractivity contribution in [3.05, 3.63) is 46.2 Å². The summed E-state index contributed by atoms with van der Waals surface area (Å²) in [5, 5.41) is 4.69. The molecule has 146 valence electrons. The molecule has 1 aliphatic rings. The fourth-order valence-corrected chi connectivity index (χ4v) is 5.86. The topological polar surface area (TPSA) is 66.5 Å². The van der Waals surface area contributed by atoms with Crippen molar-refractivity contribution in [2.24, 2.45) is 5.92 Å². The second kappa shape index (κ2) is 8.02. The summed E-state index contributed by atoms with van der Waals surface area (Å²) in [6, 6.07) is 8.91. The Kier molecular flexibility index (Phi) is 5.91. The van der Waals surface area contributed by atoms with Crippen LogP contribution in [0.25, 0.3) is 0 Å². The van der Waals surface area contributed by atoms with Crippen LogP contribution in [0.5, 0.6) is 0 Å². The summed E-state index contributed by atoms with van der Waals surface area (Å²) in [6.07, 6.45) is 4.08. The van der Waals surface area contributed by atoms with Crippen LogP contribution in [0.2, 0.25) is 0 Å². The minimum Gasteiger partial charge on any atom is -0.349 e. The van der Waals surface area contributed by atoms with E-state index in [9.17, 15) is 13.2 Å². The first-order valence-corrected chi connectivity index (χ1v) is 11.5. The Morgan fingerprint density at radius 1 is 1.11 bits per heavy atom. The highest BCUT2D eigenvalue weighted by atomic mass is 32.2. The number of anilines is 1. The Labute approximate surface area is 165 Å². The SMILES string of the molecule is Cc1ccc(N(C)S(=O)(=O)c2ccsc2C(=O)NC2CCC(C)CC2)cc1. The summed E-state index contributed by atoms with van der Waals surface area (Å²) in [4.78, 5) is 13.1. The largest absolute Gasteiger partial charge is 0.349 e. The van der Waals surface area contributed by atoms with Crippen molar-refractivity contribution in [1.82, 2.24) is 5.32 Å². The summed E-state index contributed by atoms with van der Waals surface area (Å²) in [6.45, 7) is 4.18. The molecular weight excluding hydrogens is 380 g/mol. The van der Waals surface area contributed by atoms with Crippen LogP contribution < -0.4 is 9.62 Å². The van der Waals surface area contributed by atoms with Crippen molar-refractivity contribution in [2.45, 2.75) is 50.5 Å². The molecule has 3 rings (SSSR count). The van der Waals surface area contributed by atoms with Crippen LogP contribution in [-0.4, -0.2) is 27.4 Å². The van der Waals surface area contributed by atoms with E-state index in [2.05, 4.69) is 12.2 Å². The van der Waals surface area contributed by atoms with E-state index in [1.54, 1.807) is 17.5 Å². The zero-order chi connectivity index (χ0) is 19.6. The van der Waals surface area contributed by atoms with Gasteiger partial charge in [-0.15, -0.1) is 11.3 Å². The summed E-state index contributed by atoms with van der Waals surface area (Å²) in [7, 11) is -2.29. The molecule has 0 saturated heterocycles. The van der Waals surface area contributed by atoms with E-state index in [-0.39, 0.29) is 21.7 Å². The first-order valence-electron chi connectivity index (χ1n) is 9.23. The molecule has 5 nitrogen and oxygen atoms in total. The van der Waals surface area contributed by atoms with E-state index in [0.29, 0.717) is 11.6 Å². The molecule has 1 heterocycles. The molecule has 1 N–H and O–H groups in total. The van der Waals surface area contributed by atoms with Crippen LogP contribution in [0.1, 0.15) is 47.8 Å². The molecule has 1 aliphatic carbocycles. The second-order valence-electron chi connectivity index (χ2n) is 7.35. The van der Waals surface area contributed by atoms with E-state index in [0.717, 1.165) is 31.2 Å². The van der Waals surface area contributed by atoms with Gasteiger partial charge in [-0.2, -0.15) is 0 Å². The van der Waals surface area contributed by atoms with Gasteiger partial charge in [0.2, 0.25) is 0 Å². The van der Waals surface area contributed by atoms with Crippen LogP contribution in [0.4, 0.5) is 5.69 Å². The zero-order valence-electron chi connectivity index (χ0n) is 15.9. The summed E-state index contributed by atoms with van der Waals surface area (Å²) in [5.74, 6) is 0.402. The van der Waals surface area contributed by atoms with Crippen LogP contribution in [0.15, 0.2) is 40.6 Å². The minimum atomic E-state index is -3.80. The number of hydrogen-bond donors (Lipinski definition) is 1. The van der Waals surface area contributed by atoms with Gasteiger partial charge < -0.3 is 5.32 Å². The third-order valence-electron chi connectivity index (χ3n) is 5.22. The number of sulfonamides is 1. The lowest BCUT2D eigenvalue weighted by Gasteiger charge is -2.27. The number of benzene rings is 1. The average molecular weight is 407 g/mol. The maximum atomic E-state index is 13.1. The lowest BCUT2D eigenvalue weighted by atomic mass is 9.87. The van der Waals surface area contributed by atoms with Crippen molar-refractivity contribution in [2.75, 3.05) is 11.4 Å². The summed E-state index contributed by atoms with van der Waals surface area (Å²) in [5.41, 5.74) is 1.63. The van der Waals surface area contributed by atoms with E-state index >= 15 is 0 Å². The third-order valence-corrected chi connectivity index (χ3v) is 8.09. The fourth-order valence-electron chi connectivity index (χ4n) is 3.36. The standard InChI is InChI=1S/C20H26N2O3S2/c1-14-4-8-16(9-5-14)21-20(23)19-18(12-13-26-19)27(24,25)22(3)17-10-6-15(2)7-11-17/h6-7,10-14,16H,4-5,8-9H2,1-3H3,(H,21,23). The molecule has 0 unspecified atom stereocenters. The second-order valence-corrected chi connectivity index (χ2v) is 10.2. The van der Waals surface area contributed by atoms with Gasteiger partial charge in [-0.1, -0.05) is 24.6 Å². The third kappa shape index (κ3) is 4.35. The molecule has 0 atom stereocenters. The highest BCUT2D eigenvalue weighted by Gasteiger charge is 2.29. The van der Waals surface area contributed by atoms with Crippen molar-refractivity contribution in [3.8, 4) is 0 Å². The van der Waals surface area contributed by atoms with E-state index in [4.69, 9.17) is 0 Å². The molecule has 1 fully saturated rings. The molecule has 0 bridgehead atoms. The summed E-state index contributed by atoms with van der Waals surface area (Å²) < 4.78 is 27.4. The molecule has 0 radical (unpaired) electrons. The minimum absolute atomic E-state index is 0.0669. The molecule has 1 amide bonds. The van der Waals surface area contributed by atoms with Gasteiger partial charge in [0.25, 0.3) is 15.9 Å². The Morgan fingerprint density at radius 2 is 1.74 bits per heavy atom. The van der Waals surface area contributed by atoms with Crippen LogP contribution in [-0.2, 0) is 10.0 Å². The number of nitrogens with one attached hydrogen (secondary N) is 1. The monoisotopic (exact) mass is 406 g/mol. The number of aryl methyl sites for hydroxylation is 1. The van der Waals surface area contributed by atoms with Gasteiger partial charge in [-0.25, -0.2) is 8.42 Å². The number of rotatable bonds is 5. The van der Waals surface area contributed by atoms with Gasteiger partial charge >= 0.3 is 0 Å². The van der Waals surface area contributed by atoms with Crippen molar-refractivity contribution in [1.29, 1.82) is 0 Å². The molecule has 0 aliphatic heterocycles. The predicted octanol–water partition coefficient (Wildman–Crippen LogP) is 4.19. The number of carbonyl (C=O) groups is 1. The van der Waals surface area contributed by atoms with Gasteiger partial charge in [-0.05, 0) is 62.1 Å². The molecule has 0 spiro atoms. The highest BCUT2D eigenvalue weighted by molar-refractivity contribution is 7.93. The normalized spacial score (nSPS) is 20.3. The maximum Gasteiger partial charge on any atom is 0.265 e. The van der Waals surface area contributed by atoms with E-state index < -0.39 is 10.0 Å². The summed E-state index contributed by atoms with van der Waals surface area (Å²) >= 11 is 1.17. The quantitative estimate of drug-likeness (QED) is 0.810. The Hall–Kier alpha value is -1.86. The van der Waals surface area contributed by atoms with Crippen LogP contribution in [0, 0.1) is 12.8 Å². The first kappa shape index (κ1) is 19.9. The maximum absolute atomic E-state index is 13.1.